The second-order valence-corrected chi connectivity index (χ2v) is 7.92. The minimum Gasteiger partial charge on any atom is -0.494 e. The second kappa shape index (κ2) is 8.72. The fourth-order valence-electron chi connectivity index (χ4n) is 3.25. The Morgan fingerprint density at radius 1 is 1.12 bits per heavy atom. The molecule has 0 saturated carbocycles. The number of nitrogens with zero attached hydrogens (tertiary/aromatic N) is 2. The molecule has 2 amide bonds. The third-order valence-corrected chi connectivity index (χ3v) is 5.58. The molecule has 8 nitrogen and oxygen atoms in total. The number of furan rings is 1. The zero-order valence-corrected chi connectivity index (χ0v) is 18.0. The van der Waals surface area contributed by atoms with Crippen LogP contribution in [0.5, 0.6) is 5.75 Å². The van der Waals surface area contributed by atoms with Crippen LogP contribution in [0, 0.1) is 17.0 Å². The standard InChI is InChI=1S/C23H18N2O6S/c1-3-30-16-7-5-15(6-8-16)24-22(26)21(32-23(24)27)13-17-9-11-20(31-17)18-10-4-14(2)12-19(18)25(28)29/h4-13H,3H2,1-2H3/b21-13+. The number of imide groups is 1. The normalized spacial score (nSPS) is 14.9. The number of carbonyl (C=O) groups is 2. The topological polar surface area (TPSA) is 103 Å². The molecular weight excluding hydrogens is 432 g/mol. The molecule has 0 spiro atoms. The van der Waals surface area contributed by atoms with E-state index in [0.717, 1.165) is 22.2 Å². The summed E-state index contributed by atoms with van der Waals surface area (Å²) in [7, 11) is 0. The molecule has 1 saturated heterocycles. The van der Waals surface area contributed by atoms with Gasteiger partial charge in [0.15, 0.2) is 0 Å². The molecule has 4 rings (SSSR count). The second-order valence-electron chi connectivity index (χ2n) is 6.92. The Labute approximate surface area is 187 Å². The fraction of sp³-hybridized carbons (Fsp3) is 0.130. The fourth-order valence-corrected chi connectivity index (χ4v) is 4.08. The van der Waals surface area contributed by atoms with E-state index in [1.807, 2.05) is 6.92 Å². The molecule has 1 aliphatic rings. The lowest BCUT2D eigenvalue weighted by molar-refractivity contribution is -0.384. The molecule has 0 unspecified atom stereocenters. The number of aryl methyl sites for hydroxylation is 1. The maximum Gasteiger partial charge on any atom is 0.298 e. The predicted molar refractivity (Wildman–Crippen MR) is 122 cm³/mol. The number of rotatable bonds is 6. The number of ether oxygens (including phenoxy) is 1. The van der Waals surface area contributed by atoms with Crippen LogP contribution < -0.4 is 9.64 Å². The lowest BCUT2D eigenvalue weighted by Crippen LogP contribution is -2.27. The molecule has 1 aromatic heterocycles. The van der Waals surface area contributed by atoms with Crippen molar-refractivity contribution in [1.29, 1.82) is 0 Å². The van der Waals surface area contributed by atoms with Gasteiger partial charge < -0.3 is 9.15 Å². The Morgan fingerprint density at radius 2 is 1.88 bits per heavy atom. The molecule has 0 N–H and O–H groups in total. The Kier molecular flexibility index (Phi) is 5.83. The molecule has 3 aromatic rings. The van der Waals surface area contributed by atoms with E-state index in [4.69, 9.17) is 9.15 Å². The van der Waals surface area contributed by atoms with Gasteiger partial charge >= 0.3 is 0 Å². The number of anilines is 1. The van der Waals surface area contributed by atoms with Gasteiger partial charge in [0.1, 0.15) is 17.3 Å². The quantitative estimate of drug-likeness (QED) is 0.265. The van der Waals surface area contributed by atoms with Crippen LogP contribution in [0.25, 0.3) is 17.4 Å². The molecule has 0 atom stereocenters. The zero-order chi connectivity index (χ0) is 22.8. The number of hydrogen-bond acceptors (Lipinski definition) is 7. The monoisotopic (exact) mass is 450 g/mol. The highest BCUT2D eigenvalue weighted by atomic mass is 32.2. The van der Waals surface area contributed by atoms with Gasteiger partial charge in [0.05, 0.1) is 27.7 Å². The molecule has 0 aliphatic carbocycles. The van der Waals surface area contributed by atoms with Crippen molar-refractivity contribution >= 4 is 40.4 Å². The van der Waals surface area contributed by atoms with Crippen LogP contribution in [0.2, 0.25) is 0 Å². The van der Waals surface area contributed by atoms with E-state index in [1.54, 1.807) is 55.5 Å². The lowest BCUT2D eigenvalue weighted by atomic mass is 10.1. The van der Waals surface area contributed by atoms with Crippen molar-refractivity contribution in [2.75, 3.05) is 11.5 Å². The summed E-state index contributed by atoms with van der Waals surface area (Å²) in [4.78, 5) is 37.5. The van der Waals surface area contributed by atoms with Gasteiger partial charge in [-0.25, -0.2) is 4.90 Å². The van der Waals surface area contributed by atoms with E-state index in [1.165, 1.54) is 12.1 Å². The first-order chi connectivity index (χ1) is 15.4. The van der Waals surface area contributed by atoms with Gasteiger partial charge in [0.2, 0.25) is 0 Å². The molecular formula is C23H18N2O6S. The number of carbonyl (C=O) groups excluding carboxylic acids is 2. The predicted octanol–water partition coefficient (Wildman–Crippen LogP) is 5.80. The van der Waals surface area contributed by atoms with E-state index < -0.39 is 16.1 Å². The number of benzene rings is 2. The Morgan fingerprint density at radius 3 is 2.56 bits per heavy atom. The first kappa shape index (κ1) is 21.4. The van der Waals surface area contributed by atoms with Gasteiger partial charge in [-0.1, -0.05) is 6.07 Å². The highest BCUT2D eigenvalue weighted by Crippen LogP contribution is 2.37. The average Bonchev–Trinajstić information content (AvgIpc) is 3.33. The van der Waals surface area contributed by atoms with E-state index in [-0.39, 0.29) is 10.6 Å². The molecule has 0 bridgehead atoms. The van der Waals surface area contributed by atoms with Crippen molar-refractivity contribution < 1.29 is 23.7 Å². The van der Waals surface area contributed by atoms with Gasteiger partial charge in [-0.2, -0.15) is 0 Å². The summed E-state index contributed by atoms with van der Waals surface area (Å²) in [5.41, 5.74) is 1.47. The third-order valence-electron chi connectivity index (χ3n) is 4.72. The van der Waals surface area contributed by atoms with Gasteiger partial charge in [0, 0.05) is 12.1 Å². The summed E-state index contributed by atoms with van der Waals surface area (Å²) in [6, 6.07) is 14.7. The molecule has 1 aliphatic heterocycles. The third kappa shape index (κ3) is 4.15. The van der Waals surface area contributed by atoms with Crippen LogP contribution >= 0.6 is 11.8 Å². The van der Waals surface area contributed by atoms with Gasteiger partial charge in [0.25, 0.3) is 16.8 Å². The Hall–Kier alpha value is -3.85. The summed E-state index contributed by atoms with van der Waals surface area (Å²) in [5, 5.41) is 11.0. The van der Waals surface area contributed by atoms with Crippen molar-refractivity contribution in [3.8, 4) is 17.1 Å². The zero-order valence-electron chi connectivity index (χ0n) is 17.2. The molecule has 9 heteroatoms. The average molecular weight is 450 g/mol. The first-order valence-electron chi connectivity index (χ1n) is 9.73. The van der Waals surface area contributed by atoms with Crippen molar-refractivity contribution in [1.82, 2.24) is 0 Å². The minimum atomic E-state index is -0.469. The number of nitro benzene ring substituents is 1. The van der Waals surface area contributed by atoms with Crippen LogP contribution in [-0.2, 0) is 4.79 Å². The van der Waals surface area contributed by atoms with Crippen molar-refractivity contribution in [2.45, 2.75) is 13.8 Å². The summed E-state index contributed by atoms with van der Waals surface area (Å²) in [6.07, 6.45) is 1.46. The van der Waals surface area contributed by atoms with Crippen molar-refractivity contribution in [2.24, 2.45) is 0 Å². The minimum absolute atomic E-state index is 0.0678. The SMILES string of the molecule is CCOc1ccc(N2C(=O)S/C(=C/c3ccc(-c4ccc(C)cc4[N+](=O)[O-])o3)C2=O)cc1. The number of nitro groups is 1. The molecule has 32 heavy (non-hydrogen) atoms. The smallest absolute Gasteiger partial charge is 0.298 e. The van der Waals surface area contributed by atoms with Gasteiger partial charge in [-0.3, -0.25) is 19.7 Å². The molecule has 2 heterocycles. The molecule has 162 valence electrons. The maximum absolute atomic E-state index is 12.8. The highest BCUT2D eigenvalue weighted by molar-refractivity contribution is 8.19. The van der Waals surface area contributed by atoms with Crippen LogP contribution in [-0.4, -0.2) is 22.7 Å². The van der Waals surface area contributed by atoms with Crippen LogP contribution in [0.3, 0.4) is 0 Å². The van der Waals surface area contributed by atoms with Crippen molar-refractivity contribution in [3.05, 3.63) is 80.9 Å². The van der Waals surface area contributed by atoms with Crippen LogP contribution in [0.4, 0.5) is 16.2 Å². The number of hydrogen-bond donors (Lipinski definition) is 0. The van der Waals surface area contributed by atoms with Crippen LogP contribution in [0.1, 0.15) is 18.2 Å². The Balaban J connectivity index is 1.59. The van der Waals surface area contributed by atoms with E-state index in [0.29, 0.717) is 35.1 Å². The summed E-state index contributed by atoms with van der Waals surface area (Å²) in [5.74, 6) is 0.788. The number of thioether (sulfide) groups is 1. The highest BCUT2D eigenvalue weighted by Gasteiger charge is 2.36. The van der Waals surface area contributed by atoms with Crippen molar-refractivity contribution in [3.63, 3.8) is 0 Å². The van der Waals surface area contributed by atoms with E-state index in [9.17, 15) is 19.7 Å². The molecule has 0 radical (unpaired) electrons. The van der Waals surface area contributed by atoms with E-state index >= 15 is 0 Å². The summed E-state index contributed by atoms with van der Waals surface area (Å²) >= 11 is 0.800. The maximum atomic E-state index is 12.8. The lowest BCUT2D eigenvalue weighted by Gasteiger charge is -2.13. The first-order valence-corrected chi connectivity index (χ1v) is 10.5. The summed E-state index contributed by atoms with van der Waals surface area (Å²) < 4.78 is 11.1. The van der Waals surface area contributed by atoms with Gasteiger partial charge in [-0.05, 0) is 73.6 Å². The Bertz CT molecular complexity index is 1250. The van der Waals surface area contributed by atoms with Gasteiger partial charge in [-0.15, -0.1) is 0 Å². The number of amides is 2. The van der Waals surface area contributed by atoms with Crippen LogP contribution in [0.15, 0.2) is 63.9 Å². The molecule has 1 fully saturated rings. The molecule has 2 aromatic carbocycles. The largest absolute Gasteiger partial charge is 0.494 e. The van der Waals surface area contributed by atoms with E-state index in [2.05, 4.69) is 0 Å². The summed E-state index contributed by atoms with van der Waals surface area (Å²) in [6.45, 7) is 4.15.